The highest BCUT2D eigenvalue weighted by Crippen LogP contribution is 2.31. The summed E-state index contributed by atoms with van der Waals surface area (Å²) in [7, 11) is 1.64. The maximum Gasteiger partial charge on any atom is 0.317 e. The van der Waals surface area contributed by atoms with Crippen LogP contribution in [0.15, 0.2) is 30.9 Å². The molecule has 114 valence electrons. The van der Waals surface area contributed by atoms with Gasteiger partial charge in [0.2, 0.25) is 0 Å². The van der Waals surface area contributed by atoms with Crippen LogP contribution in [0.3, 0.4) is 0 Å². The summed E-state index contributed by atoms with van der Waals surface area (Å²) in [6, 6.07) is 5.52. The van der Waals surface area contributed by atoms with E-state index in [4.69, 9.17) is 16.3 Å². The molecule has 2 amide bonds. The van der Waals surface area contributed by atoms with Gasteiger partial charge in [0, 0.05) is 37.7 Å². The van der Waals surface area contributed by atoms with Crippen molar-refractivity contribution in [3.05, 3.63) is 35.9 Å². The van der Waals surface area contributed by atoms with Crippen molar-refractivity contribution in [3.63, 3.8) is 0 Å². The summed E-state index contributed by atoms with van der Waals surface area (Å²) in [5, 5.41) is 3.47. The number of amides is 2. The molecule has 0 aromatic heterocycles. The number of methoxy groups -OCH3 is 1. The van der Waals surface area contributed by atoms with Crippen molar-refractivity contribution in [1.82, 2.24) is 10.2 Å². The summed E-state index contributed by atoms with van der Waals surface area (Å²) < 4.78 is 5.38. The van der Waals surface area contributed by atoms with E-state index >= 15 is 0 Å². The largest absolute Gasteiger partial charge is 0.495 e. The van der Waals surface area contributed by atoms with Gasteiger partial charge in [0.15, 0.2) is 0 Å². The van der Waals surface area contributed by atoms with Crippen LogP contribution >= 0.6 is 11.6 Å². The molecule has 0 aliphatic carbocycles. The highest BCUT2D eigenvalue weighted by Gasteiger charge is 2.22. The van der Waals surface area contributed by atoms with Gasteiger partial charge in [-0.2, -0.15) is 0 Å². The van der Waals surface area contributed by atoms with Crippen LogP contribution in [0.2, 0.25) is 5.02 Å². The zero-order chi connectivity index (χ0) is 15.2. The molecule has 1 saturated heterocycles. The third-order valence-corrected chi connectivity index (χ3v) is 3.68. The molecular formula is C15H20ClN3O2. The fourth-order valence-electron chi connectivity index (χ4n) is 2.33. The molecule has 5 nitrogen and oxygen atoms in total. The van der Waals surface area contributed by atoms with Gasteiger partial charge in [-0.1, -0.05) is 17.7 Å². The Morgan fingerprint density at radius 3 is 2.76 bits per heavy atom. The number of piperazine rings is 1. The van der Waals surface area contributed by atoms with Gasteiger partial charge in [-0.25, -0.2) is 4.79 Å². The summed E-state index contributed by atoms with van der Waals surface area (Å²) >= 11 is 6.06. The average Bonchev–Trinajstić information content (AvgIpc) is 2.52. The molecule has 0 atom stereocenters. The Hall–Kier alpha value is -1.88. The lowest BCUT2D eigenvalue weighted by atomic mass is 10.2. The maximum atomic E-state index is 11.9. The molecule has 6 heteroatoms. The van der Waals surface area contributed by atoms with Crippen molar-refractivity contribution in [2.75, 3.05) is 44.7 Å². The highest BCUT2D eigenvalue weighted by atomic mass is 35.5. The quantitative estimate of drug-likeness (QED) is 0.869. The second kappa shape index (κ2) is 7.22. The molecular weight excluding hydrogens is 290 g/mol. The van der Waals surface area contributed by atoms with Gasteiger partial charge in [-0.05, 0) is 18.2 Å². The molecule has 0 saturated carbocycles. The van der Waals surface area contributed by atoms with Crippen molar-refractivity contribution >= 4 is 23.3 Å². The van der Waals surface area contributed by atoms with Crippen LogP contribution in [0.4, 0.5) is 10.5 Å². The van der Waals surface area contributed by atoms with E-state index in [2.05, 4.69) is 16.8 Å². The lowest BCUT2D eigenvalue weighted by Crippen LogP contribution is -2.52. The normalized spacial score (nSPS) is 14.8. The molecule has 0 spiro atoms. The fraction of sp³-hybridized carbons (Fsp3) is 0.400. The molecule has 1 aliphatic rings. The zero-order valence-corrected chi connectivity index (χ0v) is 12.9. The van der Waals surface area contributed by atoms with E-state index < -0.39 is 0 Å². The number of benzene rings is 1. The third-order valence-electron chi connectivity index (χ3n) is 3.45. The van der Waals surface area contributed by atoms with E-state index in [0.717, 1.165) is 24.5 Å². The van der Waals surface area contributed by atoms with Crippen LogP contribution in [0.25, 0.3) is 0 Å². The van der Waals surface area contributed by atoms with Crippen LogP contribution in [-0.2, 0) is 0 Å². The van der Waals surface area contributed by atoms with E-state index in [1.165, 1.54) is 0 Å². The average molecular weight is 310 g/mol. The minimum absolute atomic E-state index is 0.0485. The zero-order valence-electron chi connectivity index (χ0n) is 12.1. The number of hydrogen-bond donors (Lipinski definition) is 1. The molecule has 0 radical (unpaired) electrons. The molecule has 1 heterocycles. The van der Waals surface area contributed by atoms with Crippen molar-refractivity contribution in [2.24, 2.45) is 0 Å². The Bertz CT molecular complexity index is 514. The summed E-state index contributed by atoms with van der Waals surface area (Å²) in [6.45, 7) is 6.90. The molecule has 21 heavy (non-hydrogen) atoms. The van der Waals surface area contributed by atoms with Gasteiger partial charge in [0.05, 0.1) is 12.8 Å². The second-order valence-electron chi connectivity index (χ2n) is 4.76. The summed E-state index contributed by atoms with van der Waals surface area (Å²) in [4.78, 5) is 15.9. The Morgan fingerprint density at radius 1 is 1.43 bits per heavy atom. The first-order valence-electron chi connectivity index (χ1n) is 6.88. The number of anilines is 1. The molecule has 1 fully saturated rings. The number of urea groups is 1. The number of nitrogens with zero attached hydrogens (tertiary/aromatic N) is 2. The first kappa shape index (κ1) is 15.5. The van der Waals surface area contributed by atoms with E-state index in [1.54, 1.807) is 18.1 Å². The van der Waals surface area contributed by atoms with Crippen molar-refractivity contribution in [3.8, 4) is 5.75 Å². The van der Waals surface area contributed by atoms with Crippen LogP contribution in [0, 0.1) is 0 Å². The van der Waals surface area contributed by atoms with Gasteiger partial charge < -0.3 is 19.9 Å². The Balaban J connectivity index is 1.99. The first-order chi connectivity index (χ1) is 10.2. The van der Waals surface area contributed by atoms with Crippen molar-refractivity contribution in [1.29, 1.82) is 0 Å². The fourth-order valence-corrected chi connectivity index (χ4v) is 2.50. The number of rotatable bonds is 4. The molecule has 1 aromatic rings. The topological polar surface area (TPSA) is 44.8 Å². The number of carbonyl (C=O) groups excluding carboxylic acids is 1. The Morgan fingerprint density at radius 2 is 2.14 bits per heavy atom. The maximum absolute atomic E-state index is 11.9. The lowest BCUT2D eigenvalue weighted by molar-refractivity contribution is 0.195. The number of halogens is 1. The van der Waals surface area contributed by atoms with Crippen molar-refractivity contribution < 1.29 is 9.53 Å². The number of nitrogens with one attached hydrogen (secondary N) is 1. The van der Waals surface area contributed by atoms with E-state index in [-0.39, 0.29) is 6.03 Å². The standard InChI is InChI=1S/C15H20ClN3O2/c1-3-6-17-15(20)19-9-7-18(8-10-19)13-11-12(16)4-5-14(13)21-2/h3-5,11H,1,6-10H2,2H3,(H,17,20). The minimum atomic E-state index is -0.0485. The first-order valence-corrected chi connectivity index (χ1v) is 7.25. The number of carbonyl (C=O) groups is 1. The summed E-state index contributed by atoms with van der Waals surface area (Å²) in [5.74, 6) is 0.795. The highest BCUT2D eigenvalue weighted by molar-refractivity contribution is 6.30. The van der Waals surface area contributed by atoms with Gasteiger partial charge in [0.1, 0.15) is 5.75 Å². The summed E-state index contributed by atoms with van der Waals surface area (Å²) in [6.07, 6.45) is 1.67. The van der Waals surface area contributed by atoms with E-state index in [9.17, 15) is 4.79 Å². The van der Waals surface area contributed by atoms with Gasteiger partial charge in [0.25, 0.3) is 0 Å². The third kappa shape index (κ3) is 3.82. The minimum Gasteiger partial charge on any atom is -0.495 e. The number of ether oxygens (including phenoxy) is 1. The molecule has 2 rings (SSSR count). The SMILES string of the molecule is C=CCNC(=O)N1CCN(c2cc(Cl)ccc2OC)CC1. The van der Waals surface area contributed by atoms with Crippen LogP contribution < -0.4 is 15.0 Å². The predicted octanol–water partition coefficient (Wildman–Crippen LogP) is 2.37. The Kier molecular flexibility index (Phi) is 5.33. The molecule has 1 aromatic carbocycles. The van der Waals surface area contributed by atoms with Crippen LogP contribution in [-0.4, -0.2) is 50.8 Å². The van der Waals surface area contributed by atoms with Gasteiger partial charge in [-0.15, -0.1) is 6.58 Å². The number of hydrogen-bond acceptors (Lipinski definition) is 3. The van der Waals surface area contributed by atoms with E-state index in [1.807, 2.05) is 18.2 Å². The molecule has 0 bridgehead atoms. The molecule has 0 unspecified atom stereocenters. The van der Waals surface area contributed by atoms with Gasteiger partial charge >= 0.3 is 6.03 Å². The molecule has 1 aliphatic heterocycles. The smallest absolute Gasteiger partial charge is 0.317 e. The second-order valence-corrected chi connectivity index (χ2v) is 5.20. The van der Waals surface area contributed by atoms with Crippen LogP contribution in [0.5, 0.6) is 5.75 Å². The van der Waals surface area contributed by atoms with E-state index in [0.29, 0.717) is 24.7 Å². The molecule has 1 N–H and O–H groups in total. The Labute approximate surface area is 130 Å². The predicted molar refractivity (Wildman–Crippen MR) is 85.4 cm³/mol. The summed E-state index contributed by atoms with van der Waals surface area (Å²) in [5.41, 5.74) is 0.969. The lowest BCUT2D eigenvalue weighted by Gasteiger charge is -2.36. The van der Waals surface area contributed by atoms with Gasteiger partial charge in [-0.3, -0.25) is 0 Å². The van der Waals surface area contributed by atoms with Crippen LogP contribution in [0.1, 0.15) is 0 Å². The van der Waals surface area contributed by atoms with Crippen molar-refractivity contribution in [2.45, 2.75) is 0 Å². The monoisotopic (exact) mass is 309 g/mol.